The molecule has 1 N–H and O–H groups in total. The monoisotopic (exact) mass is 643 g/mol. The van der Waals surface area contributed by atoms with E-state index in [0.29, 0.717) is 35.2 Å². The highest BCUT2D eigenvalue weighted by Gasteiger charge is 2.27. The SMILES string of the molecule is C[C@H]1CCCC(c2coc(-c3c(-n4cc(Cl)nn4)ccc(Cl)c3F)cc2=O)c2cc(ccn2)-c2c(cnn2C(F)F)NC1=O. The van der Waals surface area contributed by atoms with Crippen molar-refractivity contribution >= 4 is 34.8 Å². The number of nitrogens with zero attached hydrogens (tertiary/aromatic N) is 6. The first-order valence-corrected chi connectivity index (χ1v) is 14.2. The normalized spacial score (nSPS) is 17.1. The highest BCUT2D eigenvalue weighted by Crippen LogP contribution is 2.37. The first kappa shape index (κ1) is 29.6. The first-order valence-electron chi connectivity index (χ1n) is 13.4. The van der Waals surface area contributed by atoms with Crippen molar-refractivity contribution in [1.29, 1.82) is 0 Å². The van der Waals surface area contributed by atoms with Gasteiger partial charge in [0.15, 0.2) is 16.4 Å². The van der Waals surface area contributed by atoms with Crippen LogP contribution in [0.25, 0.3) is 28.3 Å². The fourth-order valence-corrected chi connectivity index (χ4v) is 5.57. The Labute approximate surface area is 257 Å². The van der Waals surface area contributed by atoms with E-state index in [1.54, 1.807) is 13.0 Å². The maximum absolute atomic E-state index is 15.4. The maximum atomic E-state index is 15.4. The van der Waals surface area contributed by atoms with Gasteiger partial charge in [0.2, 0.25) is 5.91 Å². The number of amides is 1. The lowest BCUT2D eigenvalue weighted by molar-refractivity contribution is -0.119. The van der Waals surface area contributed by atoms with E-state index in [1.165, 1.54) is 47.7 Å². The number of carbonyl (C=O) groups excluding carboxylic acids is 1. The first-order chi connectivity index (χ1) is 21.1. The predicted molar refractivity (Wildman–Crippen MR) is 156 cm³/mol. The third kappa shape index (κ3) is 5.48. The molecule has 10 nitrogen and oxygen atoms in total. The number of hydrogen-bond acceptors (Lipinski definition) is 7. The number of carbonyl (C=O) groups is 1. The highest BCUT2D eigenvalue weighted by atomic mass is 35.5. The second-order valence-electron chi connectivity index (χ2n) is 10.3. The minimum absolute atomic E-state index is 0.00285. The van der Waals surface area contributed by atoms with Crippen LogP contribution in [0.5, 0.6) is 0 Å². The van der Waals surface area contributed by atoms with Gasteiger partial charge in [-0.15, -0.1) is 5.10 Å². The van der Waals surface area contributed by atoms with Gasteiger partial charge in [0.05, 0.1) is 46.3 Å². The summed E-state index contributed by atoms with van der Waals surface area (Å²) in [7, 11) is 0. The van der Waals surface area contributed by atoms with Gasteiger partial charge < -0.3 is 9.73 Å². The maximum Gasteiger partial charge on any atom is 0.333 e. The molecule has 1 amide bonds. The molecule has 0 saturated carbocycles. The number of aromatic nitrogens is 6. The van der Waals surface area contributed by atoms with Crippen molar-refractivity contribution in [1.82, 2.24) is 29.8 Å². The van der Waals surface area contributed by atoms with E-state index in [0.717, 1.165) is 6.07 Å². The fraction of sp³-hybridized carbons (Fsp3) is 0.241. The van der Waals surface area contributed by atoms with Crippen molar-refractivity contribution in [2.45, 2.75) is 38.7 Å². The van der Waals surface area contributed by atoms with E-state index in [-0.39, 0.29) is 50.0 Å². The number of hydrogen-bond donors (Lipinski definition) is 1. The molecule has 0 fully saturated rings. The Morgan fingerprint density at radius 1 is 1.14 bits per heavy atom. The molecular formula is C29H22Cl2F3N7O3. The van der Waals surface area contributed by atoms with Crippen LogP contribution in [-0.4, -0.2) is 35.7 Å². The molecule has 44 heavy (non-hydrogen) atoms. The van der Waals surface area contributed by atoms with Crippen molar-refractivity contribution in [2.75, 3.05) is 5.32 Å². The molecule has 5 heterocycles. The lowest BCUT2D eigenvalue weighted by Crippen LogP contribution is -2.22. The number of alkyl halides is 2. The second kappa shape index (κ2) is 11.9. The third-order valence-corrected chi connectivity index (χ3v) is 7.96. The smallest absolute Gasteiger partial charge is 0.333 e. The van der Waals surface area contributed by atoms with Gasteiger partial charge >= 0.3 is 6.55 Å². The van der Waals surface area contributed by atoms with Crippen LogP contribution in [0.4, 0.5) is 18.9 Å². The summed E-state index contributed by atoms with van der Waals surface area (Å²) in [4.78, 5) is 31.0. The molecule has 1 aliphatic rings. The number of nitrogens with one attached hydrogen (secondary N) is 1. The summed E-state index contributed by atoms with van der Waals surface area (Å²) >= 11 is 12.0. The van der Waals surface area contributed by atoms with Gasteiger partial charge in [0.25, 0.3) is 0 Å². The van der Waals surface area contributed by atoms with Crippen LogP contribution in [0.1, 0.15) is 49.9 Å². The number of halogens is 5. The highest BCUT2D eigenvalue weighted by molar-refractivity contribution is 6.31. The molecule has 0 saturated heterocycles. The molecular weight excluding hydrogens is 622 g/mol. The molecule has 1 aliphatic heterocycles. The van der Waals surface area contributed by atoms with Gasteiger partial charge in [-0.3, -0.25) is 14.6 Å². The Bertz CT molecular complexity index is 1940. The predicted octanol–water partition coefficient (Wildman–Crippen LogP) is 6.88. The molecule has 1 aromatic carbocycles. The molecule has 15 heteroatoms. The van der Waals surface area contributed by atoms with E-state index < -0.39 is 29.6 Å². The molecule has 1 unspecified atom stereocenters. The number of anilines is 1. The van der Waals surface area contributed by atoms with Crippen LogP contribution in [0.15, 0.2) is 64.4 Å². The summed E-state index contributed by atoms with van der Waals surface area (Å²) in [6.45, 7) is -1.24. The average Bonchev–Trinajstić information content (AvgIpc) is 3.62. The molecule has 2 atom stereocenters. The van der Waals surface area contributed by atoms with Crippen molar-refractivity contribution in [3.63, 3.8) is 0 Å². The molecule has 4 aromatic heterocycles. The molecule has 226 valence electrons. The number of rotatable bonds is 4. The van der Waals surface area contributed by atoms with Crippen LogP contribution in [0.3, 0.4) is 0 Å². The Morgan fingerprint density at radius 3 is 2.68 bits per heavy atom. The van der Waals surface area contributed by atoms with Crippen molar-refractivity contribution in [2.24, 2.45) is 5.92 Å². The summed E-state index contributed by atoms with van der Waals surface area (Å²) in [5.74, 6) is -2.41. The molecule has 0 aliphatic carbocycles. The summed E-state index contributed by atoms with van der Waals surface area (Å²) in [5, 5.41) is 13.9. The fourth-order valence-electron chi connectivity index (χ4n) is 5.29. The standard InChI is InChI=1S/C29H22Cl2F3N7O3/c1-14-3-2-4-16(19-9-15(7-8-35-19)27-20(37-28(14)43)11-36-41(27)29(33)34)17-13-44-23(10-22(17)42)25-21(6-5-18(30)26(25)32)40-12-24(31)38-39-40/h5-14,16,29H,2-4H2,1H3,(H,37,43)/t14-,16?/m0/s1. The third-order valence-electron chi connectivity index (χ3n) is 7.49. The van der Waals surface area contributed by atoms with Gasteiger partial charge in [-0.05, 0) is 37.1 Å². The minimum Gasteiger partial charge on any atom is -0.464 e. The minimum atomic E-state index is -2.97. The molecule has 2 bridgehead atoms. The number of pyridine rings is 1. The molecule has 5 aromatic rings. The summed E-state index contributed by atoms with van der Waals surface area (Å²) in [6.07, 6.45) is 6.55. The van der Waals surface area contributed by atoms with E-state index in [2.05, 4.69) is 25.7 Å². The zero-order valence-electron chi connectivity index (χ0n) is 22.8. The Morgan fingerprint density at radius 2 is 1.95 bits per heavy atom. The molecule has 0 radical (unpaired) electrons. The second-order valence-corrected chi connectivity index (χ2v) is 11.1. The van der Waals surface area contributed by atoms with Gasteiger partial charge in [0.1, 0.15) is 5.76 Å². The Balaban J connectivity index is 1.47. The molecule has 0 spiro atoms. The lowest BCUT2D eigenvalue weighted by atomic mass is 9.88. The van der Waals surface area contributed by atoms with Crippen molar-refractivity contribution < 1.29 is 22.4 Å². The van der Waals surface area contributed by atoms with E-state index in [1.807, 2.05) is 0 Å². The molecule has 6 rings (SSSR count). The van der Waals surface area contributed by atoms with Crippen molar-refractivity contribution in [3.05, 3.63) is 92.7 Å². The largest absolute Gasteiger partial charge is 0.464 e. The van der Waals surface area contributed by atoms with Gasteiger partial charge in [0, 0.05) is 40.9 Å². The van der Waals surface area contributed by atoms with Gasteiger partial charge in [-0.1, -0.05) is 41.8 Å². The number of fused-ring (bicyclic) bond motifs is 4. The Kier molecular flexibility index (Phi) is 7.99. The van der Waals surface area contributed by atoms with Crippen LogP contribution >= 0.6 is 23.2 Å². The quantitative estimate of drug-likeness (QED) is 0.227. The summed E-state index contributed by atoms with van der Waals surface area (Å²) in [6, 6.07) is 7.06. The number of benzene rings is 1. The zero-order valence-corrected chi connectivity index (χ0v) is 24.4. The van der Waals surface area contributed by atoms with Crippen LogP contribution in [0, 0.1) is 11.7 Å². The zero-order chi connectivity index (χ0) is 31.1. The van der Waals surface area contributed by atoms with Crippen LogP contribution < -0.4 is 10.7 Å². The van der Waals surface area contributed by atoms with Crippen molar-refractivity contribution in [3.8, 4) is 28.3 Å². The van der Waals surface area contributed by atoms with E-state index in [4.69, 9.17) is 27.6 Å². The van der Waals surface area contributed by atoms with Gasteiger partial charge in [-0.2, -0.15) is 13.9 Å². The topological polar surface area (TPSA) is 121 Å². The van der Waals surface area contributed by atoms with E-state index >= 15 is 4.39 Å². The van der Waals surface area contributed by atoms with Gasteiger partial charge in [-0.25, -0.2) is 13.8 Å². The summed E-state index contributed by atoms with van der Waals surface area (Å²) in [5.41, 5.74) is 0.651. The Hall–Kier alpha value is -4.49. The lowest BCUT2D eigenvalue weighted by Gasteiger charge is -2.20. The average molecular weight is 644 g/mol. The van der Waals surface area contributed by atoms with Crippen LogP contribution in [0.2, 0.25) is 10.2 Å². The summed E-state index contributed by atoms with van der Waals surface area (Å²) < 4.78 is 50.8. The van der Waals surface area contributed by atoms with E-state index in [9.17, 15) is 18.4 Å². The van der Waals surface area contributed by atoms with Crippen LogP contribution in [-0.2, 0) is 4.79 Å².